The zero-order valence-electron chi connectivity index (χ0n) is 11.1. The number of benzene rings is 1. The van der Waals surface area contributed by atoms with Crippen molar-refractivity contribution in [3.05, 3.63) is 35.4 Å². The predicted molar refractivity (Wildman–Crippen MR) is 70.0 cm³/mol. The van der Waals surface area contributed by atoms with Gasteiger partial charge in [-0.1, -0.05) is 0 Å². The van der Waals surface area contributed by atoms with Crippen molar-refractivity contribution < 1.29 is 18.3 Å². The number of rotatable bonds is 4. The van der Waals surface area contributed by atoms with Crippen LogP contribution in [-0.4, -0.2) is 31.2 Å². The maximum atomic E-state index is 13.0. The van der Waals surface area contributed by atoms with E-state index in [1.54, 1.807) is 0 Å². The molecule has 1 saturated heterocycles. The van der Waals surface area contributed by atoms with Crippen LogP contribution in [0.4, 0.5) is 8.78 Å². The minimum absolute atomic E-state index is 0.238. The van der Waals surface area contributed by atoms with Gasteiger partial charge >= 0.3 is 0 Å². The summed E-state index contributed by atoms with van der Waals surface area (Å²) in [5.74, 6) is -1.48. The second-order valence-electron chi connectivity index (χ2n) is 5.05. The van der Waals surface area contributed by atoms with Gasteiger partial charge in [-0.2, -0.15) is 0 Å². The van der Waals surface area contributed by atoms with Gasteiger partial charge in [0.25, 0.3) is 0 Å². The Labute approximate surface area is 116 Å². The molecule has 4 nitrogen and oxygen atoms in total. The number of ether oxygens (including phenoxy) is 1. The summed E-state index contributed by atoms with van der Waals surface area (Å²) in [5.41, 5.74) is 5.62. The van der Waals surface area contributed by atoms with Gasteiger partial charge in [-0.25, -0.2) is 8.78 Å². The van der Waals surface area contributed by atoms with Gasteiger partial charge < -0.3 is 15.8 Å². The molecular formula is C14H18F2N2O2. The highest BCUT2D eigenvalue weighted by atomic mass is 19.1. The zero-order valence-corrected chi connectivity index (χ0v) is 11.1. The van der Waals surface area contributed by atoms with Gasteiger partial charge in [0.05, 0.1) is 5.54 Å². The molecule has 0 spiro atoms. The van der Waals surface area contributed by atoms with E-state index in [9.17, 15) is 13.6 Å². The summed E-state index contributed by atoms with van der Waals surface area (Å²) in [4.78, 5) is 12.0. The van der Waals surface area contributed by atoms with Crippen LogP contribution in [0.2, 0.25) is 0 Å². The van der Waals surface area contributed by atoms with Crippen LogP contribution < -0.4 is 11.1 Å². The number of amides is 1. The fourth-order valence-corrected chi connectivity index (χ4v) is 2.21. The van der Waals surface area contributed by atoms with E-state index < -0.39 is 17.2 Å². The second-order valence-corrected chi connectivity index (χ2v) is 5.05. The minimum Gasteiger partial charge on any atom is -0.381 e. The molecule has 6 heteroatoms. The Balaban J connectivity index is 1.84. The van der Waals surface area contributed by atoms with Crippen molar-refractivity contribution in [2.45, 2.75) is 24.8 Å². The van der Waals surface area contributed by atoms with Crippen molar-refractivity contribution in [2.75, 3.05) is 19.8 Å². The summed E-state index contributed by atoms with van der Waals surface area (Å²) in [6.45, 7) is 1.24. The lowest BCUT2D eigenvalue weighted by atomic mass is 9.90. The summed E-state index contributed by atoms with van der Waals surface area (Å²) in [5, 5.41) is 2.72. The average Bonchev–Trinajstić information content (AvgIpc) is 2.38. The van der Waals surface area contributed by atoms with Crippen molar-refractivity contribution in [3.63, 3.8) is 0 Å². The molecule has 3 N–H and O–H groups in total. The highest BCUT2D eigenvalue weighted by Crippen LogP contribution is 2.17. The lowest BCUT2D eigenvalue weighted by Crippen LogP contribution is -2.57. The average molecular weight is 284 g/mol. The van der Waals surface area contributed by atoms with Crippen LogP contribution in [0.1, 0.15) is 18.4 Å². The molecular weight excluding hydrogens is 266 g/mol. The smallest absolute Gasteiger partial charge is 0.240 e. The van der Waals surface area contributed by atoms with E-state index in [4.69, 9.17) is 10.5 Å². The molecule has 0 saturated carbocycles. The highest BCUT2D eigenvalue weighted by molar-refractivity contribution is 5.86. The largest absolute Gasteiger partial charge is 0.381 e. The molecule has 0 unspecified atom stereocenters. The Morgan fingerprint density at radius 1 is 1.25 bits per heavy atom. The first kappa shape index (κ1) is 14.9. The van der Waals surface area contributed by atoms with Crippen LogP contribution in [0.5, 0.6) is 0 Å². The Hall–Kier alpha value is -1.53. The maximum absolute atomic E-state index is 13.0. The monoisotopic (exact) mass is 284 g/mol. The first-order valence-corrected chi connectivity index (χ1v) is 6.59. The van der Waals surface area contributed by atoms with Gasteiger partial charge in [-0.3, -0.25) is 4.79 Å². The molecule has 1 aromatic rings. The zero-order chi connectivity index (χ0) is 14.6. The number of hydrogen-bond acceptors (Lipinski definition) is 3. The van der Waals surface area contributed by atoms with E-state index >= 15 is 0 Å². The SMILES string of the molecule is NC1(C(=O)NCCc2cc(F)cc(F)c2)CCOCC1. The molecule has 1 fully saturated rings. The molecule has 1 amide bonds. The third kappa shape index (κ3) is 3.74. The van der Waals surface area contributed by atoms with Crippen LogP contribution in [-0.2, 0) is 16.0 Å². The molecule has 20 heavy (non-hydrogen) atoms. The predicted octanol–water partition coefficient (Wildman–Crippen LogP) is 1.13. The first-order valence-electron chi connectivity index (χ1n) is 6.59. The molecule has 1 heterocycles. The summed E-state index contributed by atoms with van der Waals surface area (Å²) in [6, 6.07) is 3.32. The third-order valence-corrected chi connectivity index (χ3v) is 3.46. The standard InChI is InChI=1S/C14H18F2N2O2/c15-11-7-10(8-12(16)9-11)1-4-18-13(19)14(17)2-5-20-6-3-14/h7-9H,1-6,17H2,(H,18,19). The van der Waals surface area contributed by atoms with Crippen LogP contribution in [0.3, 0.4) is 0 Å². The molecule has 110 valence electrons. The van der Waals surface area contributed by atoms with E-state index in [2.05, 4.69) is 5.32 Å². The molecule has 1 aliphatic rings. The Bertz CT molecular complexity index is 468. The Kier molecular flexibility index (Phi) is 4.67. The molecule has 1 aliphatic heterocycles. The van der Waals surface area contributed by atoms with E-state index in [1.165, 1.54) is 12.1 Å². The second kappa shape index (κ2) is 6.28. The fraction of sp³-hybridized carbons (Fsp3) is 0.500. The van der Waals surface area contributed by atoms with Crippen molar-refractivity contribution in [3.8, 4) is 0 Å². The van der Waals surface area contributed by atoms with Crippen molar-refractivity contribution in [2.24, 2.45) is 5.73 Å². The summed E-state index contributed by atoms with van der Waals surface area (Å²) in [6.07, 6.45) is 1.31. The number of nitrogens with one attached hydrogen (secondary N) is 1. The van der Waals surface area contributed by atoms with Crippen molar-refractivity contribution in [1.29, 1.82) is 0 Å². The number of nitrogens with two attached hydrogens (primary N) is 1. The van der Waals surface area contributed by atoms with E-state index in [1.807, 2.05) is 0 Å². The van der Waals surface area contributed by atoms with E-state index in [-0.39, 0.29) is 5.91 Å². The minimum atomic E-state index is -0.897. The molecule has 1 aromatic carbocycles. The Morgan fingerprint density at radius 3 is 2.45 bits per heavy atom. The summed E-state index contributed by atoms with van der Waals surface area (Å²) in [7, 11) is 0. The number of carbonyl (C=O) groups is 1. The van der Waals surface area contributed by atoms with Gasteiger partial charge in [0.15, 0.2) is 0 Å². The van der Waals surface area contributed by atoms with Crippen LogP contribution >= 0.6 is 0 Å². The van der Waals surface area contributed by atoms with Crippen molar-refractivity contribution >= 4 is 5.91 Å². The van der Waals surface area contributed by atoms with Crippen LogP contribution in [0, 0.1) is 11.6 Å². The summed E-state index contributed by atoms with van der Waals surface area (Å²) >= 11 is 0. The summed E-state index contributed by atoms with van der Waals surface area (Å²) < 4.78 is 31.2. The number of hydrogen-bond donors (Lipinski definition) is 2. The van der Waals surface area contributed by atoms with Gasteiger partial charge in [-0.15, -0.1) is 0 Å². The molecule has 0 atom stereocenters. The van der Waals surface area contributed by atoms with Gasteiger partial charge in [0, 0.05) is 25.8 Å². The van der Waals surface area contributed by atoms with Gasteiger partial charge in [-0.05, 0) is 37.0 Å². The van der Waals surface area contributed by atoms with Crippen LogP contribution in [0.25, 0.3) is 0 Å². The first-order chi connectivity index (χ1) is 9.49. The van der Waals surface area contributed by atoms with E-state index in [0.717, 1.165) is 6.07 Å². The van der Waals surface area contributed by atoms with Crippen LogP contribution in [0.15, 0.2) is 18.2 Å². The number of carbonyl (C=O) groups excluding carboxylic acids is 1. The third-order valence-electron chi connectivity index (χ3n) is 3.46. The normalized spacial score (nSPS) is 17.8. The molecule has 0 radical (unpaired) electrons. The Morgan fingerprint density at radius 2 is 1.85 bits per heavy atom. The molecule has 0 aromatic heterocycles. The highest BCUT2D eigenvalue weighted by Gasteiger charge is 2.35. The maximum Gasteiger partial charge on any atom is 0.240 e. The lowest BCUT2D eigenvalue weighted by Gasteiger charge is -2.31. The topological polar surface area (TPSA) is 64.4 Å². The molecule has 2 rings (SSSR count). The number of halogens is 2. The quantitative estimate of drug-likeness (QED) is 0.871. The fourth-order valence-electron chi connectivity index (χ4n) is 2.21. The van der Waals surface area contributed by atoms with E-state index in [0.29, 0.717) is 44.6 Å². The van der Waals surface area contributed by atoms with Gasteiger partial charge in [0.1, 0.15) is 11.6 Å². The van der Waals surface area contributed by atoms with Crippen molar-refractivity contribution in [1.82, 2.24) is 5.32 Å². The molecule has 0 bridgehead atoms. The molecule has 0 aliphatic carbocycles. The van der Waals surface area contributed by atoms with Gasteiger partial charge in [0.2, 0.25) is 5.91 Å². The lowest BCUT2D eigenvalue weighted by molar-refractivity contribution is -0.129.